The van der Waals surface area contributed by atoms with Crippen LogP contribution in [-0.2, 0) is 9.53 Å². The zero-order valence-electron chi connectivity index (χ0n) is 16.6. The Morgan fingerprint density at radius 1 is 0.933 bits per heavy atom. The van der Waals surface area contributed by atoms with Crippen LogP contribution in [0.1, 0.15) is 29.9 Å². The van der Waals surface area contributed by atoms with Crippen LogP contribution in [0.25, 0.3) is 11.1 Å². The van der Waals surface area contributed by atoms with Crippen molar-refractivity contribution in [3.8, 4) is 11.1 Å². The van der Waals surface area contributed by atoms with Gasteiger partial charge in [-0.05, 0) is 35.1 Å². The molecule has 5 rings (SSSR count). The van der Waals surface area contributed by atoms with Gasteiger partial charge in [-0.2, -0.15) is 0 Å². The molecule has 1 amide bonds. The first kappa shape index (κ1) is 19.1. The van der Waals surface area contributed by atoms with Crippen LogP contribution in [0.4, 0.5) is 4.79 Å². The molecule has 30 heavy (non-hydrogen) atoms. The second-order valence-corrected chi connectivity index (χ2v) is 8.73. The molecule has 1 heterocycles. The number of carboxylic acids is 1. The van der Waals surface area contributed by atoms with Gasteiger partial charge in [0.05, 0.1) is 12.0 Å². The van der Waals surface area contributed by atoms with Crippen LogP contribution < -0.4 is 0 Å². The standard InChI is InChI=1S/C24H25NO5/c26-22-15-9-14(23(27)28)10-16(22)12-25(11-15)24(29)30-13-21-19-7-3-1-5-17(19)18-6-2-4-8-20(18)21/h1-8,14-16,21-22,26H,9-13H2,(H,27,28). The highest BCUT2D eigenvalue weighted by Crippen LogP contribution is 2.45. The largest absolute Gasteiger partial charge is 0.481 e. The van der Waals surface area contributed by atoms with Crippen LogP contribution in [0.3, 0.4) is 0 Å². The van der Waals surface area contributed by atoms with Gasteiger partial charge in [0.15, 0.2) is 0 Å². The summed E-state index contributed by atoms with van der Waals surface area (Å²) in [6.45, 7) is 0.954. The van der Waals surface area contributed by atoms with Gasteiger partial charge in [0.25, 0.3) is 0 Å². The van der Waals surface area contributed by atoms with Crippen molar-refractivity contribution in [3.63, 3.8) is 0 Å². The summed E-state index contributed by atoms with van der Waals surface area (Å²) < 4.78 is 5.74. The minimum Gasteiger partial charge on any atom is -0.481 e. The van der Waals surface area contributed by atoms with E-state index in [-0.39, 0.29) is 30.5 Å². The molecule has 2 aromatic rings. The maximum atomic E-state index is 12.8. The predicted molar refractivity (Wildman–Crippen MR) is 110 cm³/mol. The summed E-state index contributed by atoms with van der Waals surface area (Å²) >= 11 is 0. The maximum absolute atomic E-state index is 12.8. The van der Waals surface area contributed by atoms with Crippen molar-refractivity contribution < 1.29 is 24.5 Å². The molecule has 2 bridgehead atoms. The van der Waals surface area contributed by atoms with Gasteiger partial charge < -0.3 is 19.8 Å². The summed E-state index contributed by atoms with van der Waals surface area (Å²) in [5.74, 6) is -1.66. The number of carbonyl (C=O) groups excluding carboxylic acids is 1. The molecule has 2 atom stereocenters. The molecule has 0 spiro atoms. The molecule has 2 N–H and O–H groups in total. The zero-order chi connectivity index (χ0) is 20.8. The third-order valence-corrected chi connectivity index (χ3v) is 6.99. The van der Waals surface area contributed by atoms with Crippen molar-refractivity contribution >= 4 is 12.1 Å². The van der Waals surface area contributed by atoms with Gasteiger partial charge >= 0.3 is 12.1 Å². The molecule has 6 heteroatoms. The molecule has 1 saturated carbocycles. The van der Waals surface area contributed by atoms with Gasteiger partial charge in [-0.15, -0.1) is 0 Å². The molecule has 2 fully saturated rings. The second-order valence-electron chi connectivity index (χ2n) is 8.73. The number of carboxylic acid groups (broad SMARTS) is 1. The Hall–Kier alpha value is -2.86. The van der Waals surface area contributed by atoms with Crippen molar-refractivity contribution in [2.24, 2.45) is 17.8 Å². The van der Waals surface area contributed by atoms with Crippen LogP contribution >= 0.6 is 0 Å². The Balaban J connectivity index is 1.28. The fourth-order valence-electron chi connectivity index (χ4n) is 5.53. The summed E-state index contributed by atoms with van der Waals surface area (Å²) in [4.78, 5) is 25.9. The third kappa shape index (κ3) is 3.16. The summed E-state index contributed by atoms with van der Waals surface area (Å²) in [7, 11) is 0. The highest BCUT2D eigenvalue weighted by atomic mass is 16.6. The number of likely N-dealkylation sites (tertiary alicyclic amines) is 1. The number of aliphatic hydroxyl groups is 1. The molecule has 0 radical (unpaired) electrons. The second kappa shape index (κ2) is 7.43. The summed E-state index contributed by atoms with van der Waals surface area (Å²) in [5.41, 5.74) is 4.71. The fraction of sp³-hybridized carbons (Fsp3) is 0.417. The predicted octanol–water partition coefficient (Wildman–Crippen LogP) is 3.34. The molecule has 0 aromatic heterocycles. The molecular weight excluding hydrogens is 382 g/mol. The molecule has 3 aliphatic rings. The number of hydrogen-bond acceptors (Lipinski definition) is 4. The summed E-state index contributed by atoms with van der Waals surface area (Å²) in [6.07, 6.45) is -0.119. The first-order chi connectivity index (χ1) is 14.5. The quantitative estimate of drug-likeness (QED) is 0.815. The van der Waals surface area contributed by atoms with Crippen molar-refractivity contribution in [2.45, 2.75) is 24.9 Å². The van der Waals surface area contributed by atoms with Crippen molar-refractivity contribution in [1.29, 1.82) is 0 Å². The summed E-state index contributed by atoms with van der Waals surface area (Å²) in [5, 5.41) is 19.8. The lowest BCUT2D eigenvalue weighted by atomic mass is 9.70. The van der Waals surface area contributed by atoms with Gasteiger partial charge in [0, 0.05) is 30.8 Å². The minimum absolute atomic E-state index is 0.00706. The first-order valence-electron chi connectivity index (χ1n) is 10.5. The Kier molecular flexibility index (Phi) is 4.74. The number of piperidine rings is 1. The van der Waals surface area contributed by atoms with E-state index in [0.29, 0.717) is 25.9 Å². The van der Waals surface area contributed by atoms with Gasteiger partial charge in [-0.1, -0.05) is 48.5 Å². The van der Waals surface area contributed by atoms with Crippen LogP contribution in [0.2, 0.25) is 0 Å². The van der Waals surface area contributed by atoms with E-state index in [1.54, 1.807) is 4.90 Å². The number of ether oxygens (including phenoxy) is 1. The lowest BCUT2D eigenvalue weighted by Crippen LogP contribution is -2.55. The van der Waals surface area contributed by atoms with Crippen LogP contribution in [0, 0.1) is 17.8 Å². The lowest BCUT2D eigenvalue weighted by molar-refractivity contribution is -0.148. The first-order valence-corrected chi connectivity index (χ1v) is 10.5. The Labute approximate surface area is 175 Å². The molecule has 1 saturated heterocycles. The molecule has 6 nitrogen and oxygen atoms in total. The number of carbonyl (C=O) groups is 2. The number of hydrogen-bond donors (Lipinski definition) is 2. The van der Waals surface area contributed by atoms with E-state index in [1.807, 2.05) is 24.3 Å². The van der Waals surface area contributed by atoms with Gasteiger partial charge in [0.2, 0.25) is 0 Å². The van der Waals surface area contributed by atoms with Crippen LogP contribution in [0.5, 0.6) is 0 Å². The van der Waals surface area contributed by atoms with E-state index in [2.05, 4.69) is 24.3 Å². The van der Waals surface area contributed by atoms with Crippen LogP contribution in [-0.4, -0.2) is 53.0 Å². The van der Waals surface area contributed by atoms with E-state index in [1.165, 1.54) is 22.3 Å². The zero-order valence-corrected chi connectivity index (χ0v) is 16.6. The highest BCUT2D eigenvalue weighted by Gasteiger charge is 2.45. The SMILES string of the molecule is O=C(O)C1CC2CN(C(=O)OCC3c4ccccc4-c4ccccc43)CC(C1)C2O. The Morgan fingerprint density at radius 3 is 2.00 bits per heavy atom. The molecule has 2 aliphatic carbocycles. The Morgan fingerprint density at radius 2 is 1.47 bits per heavy atom. The highest BCUT2D eigenvalue weighted by molar-refractivity contribution is 5.79. The van der Waals surface area contributed by atoms with Crippen molar-refractivity contribution in [3.05, 3.63) is 59.7 Å². The summed E-state index contributed by atoms with van der Waals surface area (Å²) in [6, 6.07) is 16.4. The van der Waals surface area contributed by atoms with Gasteiger partial charge in [-0.25, -0.2) is 4.79 Å². The fourth-order valence-corrected chi connectivity index (χ4v) is 5.53. The van der Waals surface area contributed by atoms with E-state index in [0.717, 1.165) is 0 Å². The van der Waals surface area contributed by atoms with Gasteiger partial charge in [0.1, 0.15) is 6.61 Å². The molecule has 156 valence electrons. The average Bonchev–Trinajstić information content (AvgIpc) is 3.05. The average molecular weight is 407 g/mol. The van der Waals surface area contributed by atoms with Crippen molar-refractivity contribution in [1.82, 2.24) is 4.90 Å². The lowest BCUT2D eigenvalue weighted by Gasteiger charge is -2.46. The smallest absolute Gasteiger partial charge is 0.409 e. The number of nitrogens with zero attached hydrogens (tertiary/aromatic N) is 1. The maximum Gasteiger partial charge on any atom is 0.409 e. The monoisotopic (exact) mass is 407 g/mol. The number of aliphatic carboxylic acids is 1. The molecule has 2 aromatic carbocycles. The van der Waals surface area contributed by atoms with Crippen LogP contribution in [0.15, 0.2) is 48.5 Å². The van der Waals surface area contributed by atoms with E-state index < -0.39 is 18.0 Å². The van der Waals surface area contributed by atoms with E-state index in [9.17, 15) is 19.8 Å². The van der Waals surface area contributed by atoms with E-state index >= 15 is 0 Å². The topological polar surface area (TPSA) is 87.1 Å². The van der Waals surface area contributed by atoms with E-state index in [4.69, 9.17) is 4.74 Å². The molecule has 2 unspecified atom stereocenters. The van der Waals surface area contributed by atoms with Crippen molar-refractivity contribution in [2.75, 3.05) is 19.7 Å². The molecular formula is C24H25NO5. The Bertz CT molecular complexity index is 928. The third-order valence-electron chi connectivity index (χ3n) is 6.99. The number of aliphatic hydroxyl groups excluding tert-OH is 1. The minimum atomic E-state index is -0.813. The van der Waals surface area contributed by atoms with Gasteiger partial charge in [-0.3, -0.25) is 4.79 Å². The number of amides is 1. The normalized spacial score (nSPS) is 27.3. The molecule has 1 aliphatic heterocycles. The number of fused-ring (bicyclic) bond motifs is 5. The number of rotatable bonds is 3. The number of benzene rings is 2.